The number of ether oxygens (including phenoxy) is 1. The highest BCUT2D eigenvalue weighted by Crippen LogP contribution is 2.17. The summed E-state index contributed by atoms with van der Waals surface area (Å²) in [6, 6.07) is 5.92. The minimum Gasteiger partial charge on any atom is -0.383 e. The number of hydrogen-bond acceptors (Lipinski definition) is 5. The molecule has 0 radical (unpaired) electrons. The van der Waals surface area contributed by atoms with Crippen LogP contribution in [0, 0.1) is 5.92 Å². The highest BCUT2D eigenvalue weighted by atomic mass is 16.5. The third-order valence-electron chi connectivity index (χ3n) is 3.93. The molecule has 1 aliphatic rings. The van der Waals surface area contributed by atoms with Crippen LogP contribution >= 0.6 is 0 Å². The molecule has 0 bridgehead atoms. The molecule has 0 saturated carbocycles. The van der Waals surface area contributed by atoms with E-state index in [0.29, 0.717) is 24.2 Å². The summed E-state index contributed by atoms with van der Waals surface area (Å²) < 4.78 is 5.24. The third-order valence-corrected chi connectivity index (χ3v) is 3.93. The maximum absolute atomic E-state index is 12.2. The fourth-order valence-corrected chi connectivity index (χ4v) is 2.88. The van der Waals surface area contributed by atoms with E-state index in [4.69, 9.17) is 4.74 Å². The van der Waals surface area contributed by atoms with Gasteiger partial charge in [0.25, 0.3) is 5.91 Å². The van der Waals surface area contributed by atoms with Gasteiger partial charge in [-0.3, -0.25) is 15.2 Å². The van der Waals surface area contributed by atoms with E-state index in [1.165, 1.54) is 0 Å². The molecule has 0 aliphatic carbocycles. The van der Waals surface area contributed by atoms with Crippen LogP contribution < -0.4 is 10.6 Å². The van der Waals surface area contributed by atoms with Crippen molar-refractivity contribution in [1.82, 2.24) is 20.8 Å². The first kappa shape index (κ1) is 17.2. The molecule has 25 heavy (non-hydrogen) atoms. The largest absolute Gasteiger partial charge is 0.383 e. The summed E-state index contributed by atoms with van der Waals surface area (Å²) in [6.45, 7) is 4.86. The van der Waals surface area contributed by atoms with Gasteiger partial charge in [0.15, 0.2) is 0 Å². The van der Waals surface area contributed by atoms with Gasteiger partial charge in [0.2, 0.25) is 5.96 Å². The fourth-order valence-electron chi connectivity index (χ4n) is 2.88. The Kier molecular flexibility index (Phi) is 5.14. The molecule has 3 N–H and O–H groups in total. The topological polar surface area (TPSA) is 91.4 Å². The molecule has 0 spiro atoms. The summed E-state index contributed by atoms with van der Waals surface area (Å²) in [5.74, 6) is 0.779. The number of carbonyl (C=O) groups is 1. The molecule has 0 saturated heterocycles. The Morgan fingerprint density at radius 1 is 1.36 bits per heavy atom. The summed E-state index contributed by atoms with van der Waals surface area (Å²) in [5.41, 5.74) is 2.24. The lowest BCUT2D eigenvalue weighted by Crippen LogP contribution is -2.45. The van der Waals surface area contributed by atoms with Crippen molar-refractivity contribution in [1.29, 1.82) is 0 Å². The van der Waals surface area contributed by atoms with Crippen LogP contribution in [0.25, 0.3) is 17.0 Å². The molecular weight excluding hydrogens is 318 g/mol. The number of hydrogen-bond donors (Lipinski definition) is 3. The van der Waals surface area contributed by atoms with E-state index in [0.717, 1.165) is 22.9 Å². The number of guanidine groups is 1. The third kappa shape index (κ3) is 4.24. The van der Waals surface area contributed by atoms with E-state index in [1.54, 1.807) is 19.4 Å². The average Bonchev–Trinajstić information content (AvgIpc) is 3.13. The maximum atomic E-state index is 12.2. The lowest BCUT2D eigenvalue weighted by molar-refractivity contribution is -0.115. The second-order valence-electron chi connectivity index (χ2n) is 6.59. The van der Waals surface area contributed by atoms with Crippen molar-refractivity contribution in [3.63, 3.8) is 0 Å². The number of amides is 1. The van der Waals surface area contributed by atoms with Gasteiger partial charge in [-0.25, -0.2) is 4.99 Å². The van der Waals surface area contributed by atoms with Crippen molar-refractivity contribution in [3.8, 4) is 0 Å². The first-order valence-corrected chi connectivity index (χ1v) is 8.35. The zero-order chi connectivity index (χ0) is 17.8. The molecule has 1 aromatic heterocycles. The lowest BCUT2D eigenvalue weighted by Gasteiger charge is -2.20. The molecule has 2 heterocycles. The van der Waals surface area contributed by atoms with Crippen molar-refractivity contribution < 1.29 is 9.53 Å². The van der Waals surface area contributed by atoms with Gasteiger partial charge in [-0.05, 0) is 36.1 Å². The van der Waals surface area contributed by atoms with Gasteiger partial charge < -0.3 is 10.1 Å². The minimum atomic E-state index is -0.212. The van der Waals surface area contributed by atoms with Crippen LogP contribution in [-0.2, 0) is 9.53 Å². The van der Waals surface area contributed by atoms with Gasteiger partial charge in [-0.1, -0.05) is 19.9 Å². The van der Waals surface area contributed by atoms with Crippen molar-refractivity contribution >= 4 is 28.8 Å². The Balaban J connectivity index is 1.76. The molecular formula is C18H23N5O2. The quantitative estimate of drug-likeness (QED) is 0.701. The Bertz CT molecular complexity index is 822. The molecule has 2 aromatic rings. The van der Waals surface area contributed by atoms with E-state index in [9.17, 15) is 4.79 Å². The summed E-state index contributed by atoms with van der Waals surface area (Å²) in [7, 11) is 1.67. The molecule has 1 unspecified atom stereocenters. The predicted molar refractivity (Wildman–Crippen MR) is 97.9 cm³/mol. The summed E-state index contributed by atoms with van der Waals surface area (Å²) in [4.78, 5) is 16.6. The number of nitrogens with zero attached hydrogens (tertiary/aromatic N) is 2. The van der Waals surface area contributed by atoms with Crippen molar-refractivity contribution in [2.45, 2.75) is 26.3 Å². The van der Waals surface area contributed by atoms with Crippen LogP contribution in [0.4, 0.5) is 0 Å². The van der Waals surface area contributed by atoms with E-state index in [1.807, 2.05) is 18.2 Å². The van der Waals surface area contributed by atoms with Crippen molar-refractivity contribution in [2.24, 2.45) is 10.9 Å². The minimum absolute atomic E-state index is 0.102. The Labute approximate surface area is 146 Å². The summed E-state index contributed by atoms with van der Waals surface area (Å²) in [5, 5.41) is 13.9. The van der Waals surface area contributed by atoms with E-state index < -0.39 is 0 Å². The van der Waals surface area contributed by atoms with E-state index in [-0.39, 0.29) is 11.9 Å². The van der Waals surface area contributed by atoms with Crippen LogP contribution in [0.2, 0.25) is 0 Å². The van der Waals surface area contributed by atoms with Crippen LogP contribution in [-0.4, -0.2) is 41.8 Å². The van der Waals surface area contributed by atoms with Crippen molar-refractivity contribution in [2.75, 3.05) is 13.7 Å². The molecule has 1 aromatic carbocycles. The Hall–Kier alpha value is -2.67. The molecule has 0 fully saturated rings. The number of carbonyl (C=O) groups excluding carboxylic acids is 1. The highest BCUT2D eigenvalue weighted by molar-refractivity contribution is 6.13. The number of rotatable bonds is 6. The monoisotopic (exact) mass is 341 g/mol. The van der Waals surface area contributed by atoms with Gasteiger partial charge in [0.05, 0.1) is 24.4 Å². The number of aliphatic imine (C=N–C) groups is 1. The van der Waals surface area contributed by atoms with Crippen LogP contribution in [0.15, 0.2) is 35.1 Å². The summed E-state index contributed by atoms with van der Waals surface area (Å²) in [6.07, 6.45) is 4.45. The molecule has 3 rings (SSSR count). The van der Waals surface area contributed by atoms with Crippen LogP contribution in [0.3, 0.4) is 0 Å². The zero-order valence-corrected chi connectivity index (χ0v) is 14.7. The summed E-state index contributed by atoms with van der Waals surface area (Å²) >= 11 is 0. The maximum Gasteiger partial charge on any atom is 0.276 e. The number of aromatic amines is 1. The van der Waals surface area contributed by atoms with Crippen molar-refractivity contribution in [3.05, 3.63) is 35.7 Å². The SMILES string of the molecule is COCC(CC(C)C)NC1=N/C(=C\c2ccc3[nH]ncc3c2)C(=O)N1. The molecule has 1 aliphatic heterocycles. The Morgan fingerprint density at radius 2 is 2.20 bits per heavy atom. The normalized spacial score (nSPS) is 17.2. The number of H-pyrrole nitrogens is 1. The first-order chi connectivity index (χ1) is 12.0. The highest BCUT2D eigenvalue weighted by Gasteiger charge is 2.22. The number of methoxy groups -OCH3 is 1. The van der Waals surface area contributed by atoms with Gasteiger partial charge in [-0.2, -0.15) is 5.10 Å². The molecule has 1 amide bonds. The molecule has 132 valence electrons. The molecule has 7 nitrogen and oxygen atoms in total. The Morgan fingerprint density at radius 3 is 2.96 bits per heavy atom. The van der Waals surface area contributed by atoms with Gasteiger partial charge in [0.1, 0.15) is 5.70 Å². The second-order valence-corrected chi connectivity index (χ2v) is 6.59. The average molecular weight is 341 g/mol. The number of fused-ring (bicyclic) bond motifs is 1. The van der Waals surface area contributed by atoms with Gasteiger partial charge in [-0.15, -0.1) is 0 Å². The number of benzene rings is 1. The van der Waals surface area contributed by atoms with Gasteiger partial charge >= 0.3 is 0 Å². The van der Waals surface area contributed by atoms with E-state index >= 15 is 0 Å². The lowest BCUT2D eigenvalue weighted by atomic mass is 10.0. The second kappa shape index (κ2) is 7.48. The van der Waals surface area contributed by atoms with Crippen LogP contribution in [0.1, 0.15) is 25.8 Å². The fraction of sp³-hybridized carbons (Fsp3) is 0.389. The number of aromatic nitrogens is 2. The van der Waals surface area contributed by atoms with E-state index in [2.05, 4.69) is 39.7 Å². The van der Waals surface area contributed by atoms with Gasteiger partial charge in [0, 0.05) is 12.5 Å². The van der Waals surface area contributed by atoms with Crippen LogP contribution in [0.5, 0.6) is 0 Å². The molecule has 7 heteroatoms. The molecule has 1 atom stereocenters. The standard InChI is InChI=1S/C18H23N5O2/c1-11(2)6-14(10-25-3)20-18-21-16(17(24)22-18)8-12-4-5-15-13(7-12)9-19-23-15/h4-5,7-9,11,14H,6,10H2,1-3H3,(H,19,23)(H2,20,21,22,24)/b16-8-. The predicted octanol–water partition coefficient (Wildman–Crippen LogP) is 2.04. The smallest absolute Gasteiger partial charge is 0.276 e. The zero-order valence-electron chi connectivity index (χ0n) is 14.7. The number of nitrogens with one attached hydrogen (secondary N) is 3. The first-order valence-electron chi connectivity index (χ1n) is 8.35.